The first-order chi connectivity index (χ1) is 7.20. The van der Waals surface area contributed by atoms with E-state index in [4.69, 9.17) is 9.47 Å². The normalized spacial score (nSPS) is 14.7. The monoisotopic (exact) mass is 206 g/mol. The molecule has 0 bridgehead atoms. The second-order valence-electron chi connectivity index (χ2n) is 3.15. The van der Waals surface area contributed by atoms with E-state index in [1.165, 1.54) is 0 Å². The number of methoxy groups -OCH3 is 1. The average Bonchev–Trinajstić information content (AvgIpc) is 2.38. The van der Waals surface area contributed by atoms with Crippen molar-refractivity contribution in [2.75, 3.05) is 13.7 Å². The fraction of sp³-hybridized carbons (Fsp3) is 0.182. The summed E-state index contributed by atoms with van der Waals surface area (Å²) in [7, 11) is 1.54. The molecule has 0 radical (unpaired) electrons. The van der Waals surface area contributed by atoms with Gasteiger partial charge in [-0.25, -0.2) is 0 Å². The molecule has 78 valence electrons. The molecule has 0 spiro atoms. The lowest BCUT2D eigenvalue weighted by Crippen LogP contribution is -2.06. The maximum Gasteiger partial charge on any atom is 0.196 e. The Morgan fingerprint density at radius 1 is 1.47 bits per heavy atom. The number of ketones is 1. The Morgan fingerprint density at radius 3 is 3.00 bits per heavy atom. The van der Waals surface area contributed by atoms with E-state index in [-0.39, 0.29) is 18.1 Å². The van der Waals surface area contributed by atoms with E-state index in [9.17, 15) is 9.90 Å². The van der Waals surface area contributed by atoms with Gasteiger partial charge in [0, 0.05) is 12.1 Å². The van der Waals surface area contributed by atoms with Gasteiger partial charge in [-0.15, -0.1) is 0 Å². The first kappa shape index (κ1) is 9.58. The molecule has 0 fully saturated rings. The zero-order valence-electron chi connectivity index (χ0n) is 8.19. The minimum absolute atomic E-state index is 0.0653. The molecule has 4 nitrogen and oxygen atoms in total. The first-order valence-corrected chi connectivity index (χ1v) is 4.45. The van der Waals surface area contributed by atoms with Gasteiger partial charge in [0.15, 0.2) is 12.4 Å². The standard InChI is InChI=1S/C11H10O4/c1-14-8-2-3-9-10(13)4-7(12)6-15-11(9)5-8/h2-5,13H,6H2,1H3. The van der Waals surface area contributed by atoms with Gasteiger partial charge in [0.1, 0.15) is 17.3 Å². The Balaban J connectivity index is 2.49. The van der Waals surface area contributed by atoms with Crippen LogP contribution in [0.2, 0.25) is 0 Å². The zero-order valence-corrected chi connectivity index (χ0v) is 8.19. The Labute approximate surface area is 86.7 Å². The highest BCUT2D eigenvalue weighted by Gasteiger charge is 2.16. The van der Waals surface area contributed by atoms with Crippen LogP contribution >= 0.6 is 0 Å². The third kappa shape index (κ3) is 1.79. The molecular formula is C11H10O4. The van der Waals surface area contributed by atoms with E-state index in [1.54, 1.807) is 25.3 Å². The second-order valence-corrected chi connectivity index (χ2v) is 3.15. The van der Waals surface area contributed by atoms with Crippen LogP contribution in [0, 0.1) is 0 Å². The van der Waals surface area contributed by atoms with Crippen molar-refractivity contribution in [2.45, 2.75) is 0 Å². The number of fused-ring (bicyclic) bond motifs is 1. The largest absolute Gasteiger partial charge is 0.507 e. The molecular weight excluding hydrogens is 196 g/mol. The minimum atomic E-state index is -0.261. The molecule has 1 aromatic carbocycles. The summed E-state index contributed by atoms with van der Waals surface area (Å²) >= 11 is 0. The molecule has 1 aliphatic rings. The fourth-order valence-electron chi connectivity index (χ4n) is 1.38. The predicted octanol–water partition coefficient (Wildman–Crippen LogP) is 1.56. The summed E-state index contributed by atoms with van der Waals surface area (Å²) in [6.45, 7) is -0.0653. The Kier molecular flexibility index (Phi) is 2.33. The van der Waals surface area contributed by atoms with Crippen LogP contribution in [0.15, 0.2) is 24.3 Å². The number of rotatable bonds is 1. The van der Waals surface area contributed by atoms with E-state index in [0.29, 0.717) is 17.1 Å². The molecule has 0 saturated carbocycles. The van der Waals surface area contributed by atoms with Crippen molar-refractivity contribution in [2.24, 2.45) is 0 Å². The molecule has 0 amide bonds. The summed E-state index contributed by atoms with van der Waals surface area (Å²) in [6, 6.07) is 4.98. The molecule has 2 rings (SSSR count). The summed E-state index contributed by atoms with van der Waals surface area (Å²) in [5.74, 6) is 0.739. The van der Waals surface area contributed by atoms with Crippen molar-refractivity contribution < 1.29 is 19.4 Å². The van der Waals surface area contributed by atoms with E-state index in [0.717, 1.165) is 6.08 Å². The molecule has 0 aromatic heterocycles. The molecule has 0 unspecified atom stereocenters. The quantitative estimate of drug-likeness (QED) is 0.757. The lowest BCUT2D eigenvalue weighted by molar-refractivity contribution is -0.116. The lowest BCUT2D eigenvalue weighted by Gasteiger charge is -2.08. The van der Waals surface area contributed by atoms with Crippen molar-refractivity contribution >= 4 is 11.5 Å². The maximum atomic E-state index is 11.1. The number of hydrogen-bond donors (Lipinski definition) is 1. The van der Waals surface area contributed by atoms with Gasteiger partial charge in [-0.1, -0.05) is 0 Å². The number of ether oxygens (including phenoxy) is 2. The van der Waals surface area contributed by atoms with Gasteiger partial charge in [-0.05, 0) is 12.1 Å². The third-order valence-electron chi connectivity index (χ3n) is 2.13. The van der Waals surface area contributed by atoms with Crippen LogP contribution in [0.4, 0.5) is 0 Å². The molecule has 0 atom stereocenters. The van der Waals surface area contributed by atoms with E-state index in [1.807, 2.05) is 0 Å². The molecule has 0 aliphatic carbocycles. The van der Waals surface area contributed by atoms with Gasteiger partial charge in [0.05, 0.1) is 12.7 Å². The molecule has 0 saturated heterocycles. The van der Waals surface area contributed by atoms with Crippen LogP contribution in [-0.4, -0.2) is 24.6 Å². The topological polar surface area (TPSA) is 55.8 Å². The van der Waals surface area contributed by atoms with Crippen LogP contribution in [-0.2, 0) is 4.79 Å². The molecule has 15 heavy (non-hydrogen) atoms. The van der Waals surface area contributed by atoms with Gasteiger partial charge < -0.3 is 14.6 Å². The average molecular weight is 206 g/mol. The van der Waals surface area contributed by atoms with Gasteiger partial charge in [-0.3, -0.25) is 4.79 Å². The Morgan fingerprint density at radius 2 is 2.27 bits per heavy atom. The summed E-state index contributed by atoms with van der Waals surface area (Å²) in [6.07, 6.45) is 1.16. The Bertz CT molecular complexity index is 434. The lowest BCUT2D eigenvalue weighted by atomic mass is 10.1. The molecule has 1 aromatic rings. The van der Waals surface area contributed by atoms with Crippen LogP contribution < -0.4 is 9.47 Å². The summed E-state index contributed by atoms with van der Waals surface area (Å²) in [5, 5.41) is 9.59. The molecule has 4 heteroatoms. The van der Waals surface area contributed by atoms with Gasteiger partial charge >= 0.3 is 0 Å². The predicted molar refractivity (Wildman–Crippen MR) is 54.1 cm³/mol. The third-order valence-corrected chi connectivity index (χ3v) is 2.13. The molecule has 1 aliphatic heterocycles. The molecule has 1 N–H and O–H groups in total. The summed E-state index contributed by atoms with van der Waals surface area (Å²) in [4.78, 5) is 11.1. The summed E-state index contributed by atoms with van der Waals surface area (Å²) < 4.78 is 10.2. The van der Waals surface area contributed by atoms with Crippen LogP contribution in [0.25, 0.3) is 5.76 Å². The number of aliphatic hydroxyl groups is 1. The van der Waals surface area contributed by atoms with E-state index < -0.39 is 0 Å². The van der Waals surface area contributed by atoms with Crippen LogP contribution in [0.5, 0.6) is 11.5 Å². The number of hydrogen-bond acceptors (Lipinski definition) is 4. The van der Waals surface area contributed by atoms with Gasteiger partial charge in [0.2, 0.25) is 0 Å². The van der Waals surface area contributed by atoms with Gasteiger partial charge in [0.25, 0.3) is 0 Å². The highest BCUT2D eigenvalue weighted by atomic mass is 16.5. The highest BCUT2D eigenvalue weighted by Crippen LogP contribution is 2.30. The zero-order chi connectivity index (χ0) is 10.8. The van der Waals surface area contributed by atoms with Crippen LogP contribution in [0.1, 0.15) is 5.56 Å². The minimum Gasteiger partial charge on any atom is -0.507 e. The van der Waals surface area contributed by atoms with Crippen molar-refractivity contribution in [1.29, 1.82) is 0 Å². The number of benzene rings is 1. The van der Waals surface area contributed by atoms with Crippen molar-refractivity contribution in [3.05, 3.63) is 29.8 Å². The van der Waals surface area contributed by atoms with Crippen molar-refractivity contribution in [1.82, 2.24) is 0 Å². The smallest absolute Gasteiger partial charge is 0.196 e. The molecule has 1 heterocycles. The van der Waals surface area contributed by atoms with Crippen molar-refractivity contribution in [3.63, 3.8) is 0 Å². The maximum absolute atomic E-state index is 11.1. The van der Waals surface area contributed by atoms with Crippen molar-refractivity contribution in [3.8, 4) is 11.5 Å². The number of aliphatic hydroxyl groups excluding tert-OH is 1. The first-order valence-electron chi connectivity index (χ1n) is 4.45. The second kappa shape index (κ2) is 3.65. The van der Waals surface area contributed by atoms with Gasteiger partial charge in [-0.2, -0.15) is 0 Å². The summed E-state index contributed by atoms with van der Waals surface area (Å²) in [5.41, 5.74) is 0.502. The van der Waals surface area contributed by atoms with E-state index >= 15 is 0 Å². The number of carbonyl (C=O) groups is 1. The Hall–Kier alpha value is -1.97. The highest BCUT2D eigenvalue weighted by molar-refractivity contribution is 5.97. The number of carbonyl (C=O) groups excluding carboxylic acids is 1. The fourth-order valence-corrected chi connectivity index (χ4v) is 1.38. The van der Waals surface area contributed by atoms with Crippen LogP contribution in [0.3, 0.4) is 0 Å². The SMILES string of the molecule is COc1ccc2c(c1)OCC(=O)C=C2O. The van der Waals surface area contributed by atoms with E-state index in [2.05, 4.69) is 0 Å².